The standard InChI is InChI=1S/C24H24N4O/c1-28(15-17-5-3-2-4-6-17)16-18-7-10-20(11-8-18)26-14-22-21-13-19(25)9-12-23(21)27-24(22)29/h2-14,26H,15-16,25H2,1H3,(H,27,29). The summed E-state index contributed by atoms with van der Waals surface area (Å²) >= 11 is 0. The van der Waals surface area contributed by atoms with E-state index in [-0.39, 0.29) is 5.91 Å². The van der Waals surface area contributed by atoms with E-state index in [1.165, 1.54) is 11.1 Å². The molecule has 0 aromatic heterocycles. The Balaban J connectivity index is 1.39. The van der Waals surface area contributed by atoms with E-state index in [4.69, 9.17) is 5.73 Å². The summed E-state index contributed by atoms with van der Waals surface area (Å²) in [6, 6.07) is 24.1. The molecule has 0 radical (unpaired) electrons. The maximum Gasteiger partial charge on any atom is 0.257 e. The smallest absolute Gasteiger partial charge is 0.257 e. The van der Waals surface area contributed by atoms with Crippen LogP contribution in [0.15, 0.2) is 79.0 Å². The van der Waals surface area contributed by atoms with Crippen molar-refractivity contribution in [2.75, 3.05) is 23.4 Å². The summed E-state index contributed by atoms with van der Waals surface area (Å²) in [5, 5.41) is 6.07. The number of amides is 1. The molecule has 5 nitrogen and oxygen atoms in total. The van der Waals surface area contributed by atoms with Crippen LogP contribution in [0.25, 0.3) is 5.57 Å². The summed E-state index contributed by atoms with van der Waals surface area (Å²) in [4.78, 5) is 14.5. The Morgan fingerprint density at radius 1 is 0.966 bits per heavy atom. The molecule has 1 aliphatic heterocycles. The van der Waals surface area contributed by atoms with Gasteiger partial charge in [0.15, 0.2) is 0 Å². The number of carbonyl (C=O) groups is 1. The van der Waals surface area contributed by atoms with Crippen LogP contribution in [0.5, 0.6) is 0 Å². The third-order valence-electron chi connectivity index (χ3n) is 4.91. The first-order valence-electron chi connectivity index (χ1n) is 9.58. The molecule has 0 spiro atoms. The minimum absolute atomic E-state index is 0.128. The molecule has 1 aliphatic rings. The van der Waals surface area contributed by atoms with E-state index in [2.05, 4.69) is 59.0 Å². The number of nitrogens with one attached hydrogen (secondary N) is 2. The molecular weight excluding hydrogens is 360 g/mol. The lowest BCUT2D eigenvalue weighted by molar-refractivity contribution is -0.110. The van der Waals surface area contributed by atoms with Crippen molar-refractivity contribution in [3.05, 3.63) is 95.7 Å². The van der Waals surface area contributed by atoms with E-state index in [0.29, 0.717) is 11.3 Å². The Bertz CT molecular complexity index is 1040. The second-order valence-electron chi connectivity index (χ2n) is 7.32. The first-order valence-corrected chi connectivity index (χ1v) is 9.58. The Kier molecular flexibility index (Phi) is 5.31. The van der Waals surface area contributed by atoms with Gasteiger partial charge >= 0.3 is 0 Å². The van der Waals surface area contributed by atoms with Crippen LogP contribution in [0.4, 0.5) is 17.1 Å². The van der Waals surface area contributed by atoms with Crippen molar-refractivity contribution in [2.24, 2.45) is 0 Å². The molecule has 4 N–H and O–H groups in total. The van der Waals surface area contributed by atoms with Crippen LogP contribution in [-0.4, -0.2) is 17.9 Å². The first kappa shape index (κ1) is 18.8. The third-order valence-corrected chi connectivity index (χ3v) is 4.91. The maximum atomic E-state index is 12.2. The minimum Gasteiger partial charge on any atom is -0.399 e. The molecule has 0 atom stereocenters. The van der Waals surface area contributed by atoms with Gasteiger partial charge in [0.05, 0.1) is 5.57 Å². The molecule has 29 heavy (non-hydrogen) atoms. The molecule has 3 aromatic carbocycles. The number of benzene rings is 3. The Morgan fingerprint density at radius 3 is 2.38 bits per heavy atom. The summed E-state index contributed by atoms with van der Waals surface area (Å²) in [6.07, 6.45) is 1.73. The molecule has 0 bridgehead atoms. The van der Waals surface area contributed by atoms with Crippen LogP contribution >= 0.6 is 0 Å². The number of rotatable bonds is 6. The third kappa shape index (κ3) is 4.47. The SMILES string of the molecule is CN(Cc1ccccc1)Cc1ccc(NC=C2C(=O)Nc3ccc(N)cc32)cc1. The summed E-state index contributed by atoms with van der Waals surface area (Å²) < 4.78 is 0. The number of nitrogen functional groups attached to an aromatic ring is 1. The highest BCUT2D eigenvalue weighted by Gasteiger charge is 2.23. The van der Waals surface area contributed by atoms with Crippen molar-refractivity contribution in [1.29, 1.82) is 0 Å². The molecule has 0 saturated heterocycles. The molecule has 0 aliphatic carbocycles. The van der Waals surface area contributed by atoms with Crippen molar-refractivity contribution < 1.29 is 4.79 Å². The fourth-order valence-electron chi connectivity index (χ4n) is 3.47. The number of anilines is 3. The van der Waals surface area contributed by atoms with Gasteiger partial charge in [0, 0.05) is 41.9 Å². The van der Waals surface area contributed by atoms with Gasteiger partial charge in [-0.1, -0.05) is 42.5 Å². The van der Waals surface area contributed by atoms with Gasteiger partial charge in [-0.05, 0) is 48.5 Å². The molecule has 5 heteroatoms. The largest absolute Gasteiger partial charge is 0.399 e. The number of hydrogen-bond donors (Lipinski definition) is 3. The average Bonchev–Trinajstić information content (AvgIpc) is 3.02. The number of hydrogen-bond acceptors (Lipinski definition) is 4. The second-order valence-corrected chi connectivity index (χ2v) is 7.32. The molecular formula is C24H24N4O. The fraction of sp³-hybridized carbons (Fsp3) is 0.125. The molecule has 0 fully saturated rings. The van der Waals surface area contributed by atoms with Gasteiger partial charge in [-0.3, -0.25) is 9.69 Å². The molecule has 0 unspecified atom stereocenters. The predicted octanol–water partition coefficient (Wildman–Crippen LogP) is 4.31. The van der Waals surface area contributed by atoms with Crippen molar-refractivity contribution >= 4 is 28.5 Å². The molecule has 3 aromatic rings. The Hall–Kier alpha value is -3.57. The van der Waals surface area contributed by atoms with Crippen LogP contribution in [0, 0.1) is 0 Å². The van der Waals surface area contributed by atoms with E-state index in [1.54, 1.807) is 12.3 Å². The number of nitrogens with two attached hydrogens (primary N) is 1. The summed E-state index contributed by atoms with van der Waals surface area (Å²) in [5.74, 6) is -0.128. The van der Waals surface area contributed by atoms with Gasteiger partial charge in [-0.25, -0.2) is 0 Å². The summed E-state index contributed by atoms with van der Waals surface area (Å²) in [5.41, 5.74) is 12.1. The monoisotopic (exact) mass is 384 g/mol. The lowest BCUT2D eigenvalue weighted by atomic mass is 10.1. The lowest BCUT2D eigenvalue weighted by Gasteiger charge is -2.17. The molecule has 4 rings (SSSR count). The van der Waals surface area contributed by atoms with E-state index in [9.17, 15) is 4.79 Å². The van der Waals surface area contributed by atoms with Crippen molar-refractivity contribution in [3.8, 4) is 0 Å². The number of carbonyl (C=O) groups excluding carboxylic acids is 1. The van der Waals surface area contributed by atoms with Gasteiger partial charge in [0.1, 0.15) is 0 Å². The van der Waals surface area contributed by atoms with Crippen LogP contribution < -0.4 is 16.4 Å². The van der Waals surface area contributed by atoms with E-state index in [0.717, 1.165) is 30.0 Å². The molecule has 146 valence electrons. The van der Waals surface area contributed by atoms with E-state index in [1.807, 2.05) is 30.3 Å². The quantitative estimate of drug-likeness (QED) is 0.438. The van der Waals surface area contributed by atoms with Crippen molar-refractivity contribution in [2.45, 2.75) is 13.1 Å². The summed E-state index contributed by atoms with van der Waals surface area (Å²) in [7, 11) is 2.12. The maximum absolute atomic E-state index is 12.2. The van der Waals surface area contributed by atoms with Crippen LogP contribution in [0.3, 0.4) is 0 Å². The zero-order valence-corrected chi connectivity index (χ0v) is 16.4. The van der Waals surface area contributed by atoms with Gasteiger partial charge in [0.25, 0.3) is 5.91 Å². The summed E-state index contributed by atoms with van der Waals surface area (Å²) in [6.45, 7) is 1.77. The minimum atomic E-state index is -0.128. The zero-order valence-electron chi connectivity index (χ0n) is 16.4. The molecule has 1 amide bonds. The van der Waals surface area contributed by atoms with Gasteiger partial charge in [0.2, 0.25) is 0 Å². The fourth-order valence-corrected chi connectivity index (χ4v) is 3.47. The van der Waals surface area contributed by atoms with Crippen LogP contribution in [0.1, 0.15) is 16.7 Å². The lowest BCUT2D eigenvalue weighted by Crippen LogP contribution is -2.17. The highest BCUT2D eigenvalue weighted by Crippen LogP contribution is 2.33. The zero-order chi connectivity index (χ0) is 20.2. The Morgan fingerprint density at radius 2 is 1.66 bits per heavy atom. The van der Waals surface area contributed by atoms with Gasteiger partial charge in [-0.15, -0.1) is 0 Å². The average molecular weight is 384 g/mol. The number of fused-ring (bicyclic) bond motifs is 1. The van der Waals surface area contributed by atoms with Crippen molar-refractivity contribution in [3.63, 3.8) is 0 Å². The van der Waals surface area contributed by atoms with Crippen molar-refractivity contribution in [1.82, 2.24) is 4.90 Å². The van der Waals surface area contributed by atoms with E-state index >= 15 is 0 Å². The predicted molar refractivity (Wildman–Crippen MR) is 119 cm³/mol. The highest BCUT2D eigenvalue weighted by molar-refractivity contribution is 6.31. The van der Waals surface area contributed by atoms with Crippen LogP contribution in [-0.2, 0) is 17.9 Å². The second kappa shape index (κ2) is 8.20. The molecule has 0 saturated carbocycles. The van der Waals surface area contributed by atoms with E-state index < -0.39 is 0 Å². The first-order chi connectivity index (χ1) is 14.1. The van der Waals surface area contributed by atoms with Gasteiger partial charge < -0.3 is 16.4 Å². The highest BCUT2D eigenvalue weighted by atomic mass is 16.2. The topological polar surface area (TPSA) is 70.4 Å². The number of nitrogens with zero attached hydrogens (tertiary/aromatic N) is 1. The Labute approximate surface area is 170 Å². The van der Waals surface area contributed by atoms with Gasteiger partial charge in [-0.2, -0.15) is 0 Å². The molecule has 1 heterocycles. The normalized spacial score (nSPS) is 14.1. The van der Waals surface area contributed by atoms with Crippen LogP contribution in [0.2, 0.25) is 0 Å².